The van der Waals surface area contributed by atoms with Crippen LogP contribution in [0.15, 0.2) is 35.4 Å². The first-order valence-corrected chi connectivity index (χ1v) is 7.83. The third-order valence-electron chi connectivity index (χ3n) is 4.73. The monoisotopic (exact) mass is 299 g/mol. The summed E-state index contributed by atoms with van der Waals surface area (Å²) >= 11 is 0. The zero-order valence-electron chi connectivity index (χ0n) is 13.0. The lowest BCUT2D eigenvalue weighted by Crippen LogP contribution is -2.44. The number of carbonyl (C=O) groups excluding carboxylic acids is 1. The van der Waals surface area contributed by atoms with Crippen LogP contribution in [-0.4, -0.2) is 33.3 Å². The zero-order chi connectivity index (χ0) is 15.7. The van der Waals surface area contributed by atoms with E-state index >= 15 is 0 Å². The Kier molecular flexibility index (Phi) is 3.96. The molecule has 0 saturated heterocycles. The Bertz CT molecular complexity index is 753. The van der Waals surface area contributed by atoms with Crippen LogP contribution >= 0.6 is 0 Å². The van der Waals surface area contributed by atoms with Crippen molar-refractivity contribution in [2.24, 2.45) is 5.92 Å². The molecule has 22 heavy (non-hydrogen) atoms. The molecule has 1 aliphatic carbocycles. The van der Waals surface area contributed by atoms with Crippen molar-refractivity contribution >= 4 is 11.6 Å². The average molecular weight is 299 g/mol. The first kappa shape index (κ1) is 14.8. The van der Waals surface area contributed by atoms with Gasteiger partial charge in [-0.1, -0.05) is 25.8 Å². The van der Waals surface area contributed by atoms with Crippen molar-refractivity contribution in [1.29, 1.82) is 0 Å². The molecule has 116 valence electrons. The van der Waals surface area contributed by atoms with Crippen LogP contribution in [0.4, 0.5) is 0 Å². The third kappa shape index (κ3) is 2.51. The minimum Gasteiger partial charge on any atom is -0.338 e. The van der Waals surface area contributed by atoms with Gasteiger partial charge in [0.15, 0.2) is 0 Å². The van der Waals surface area contributed by atoms with Crippen LogP contribution in [-0.2, 0) is 0 Å². The first-order valence-electron chi connectivity index (χ1n) is 7.83. The minimum atomic E-state index is -0.300. The summed E-state index contributed by atoms with van der Waals surface area (Å²) in [5, 5.41) is 0. The van der Waals surface area contributed by atoms with E-state index in [0.29, 0.717) is 11.6 Å². The topological polar surface area (TPSA) is 54.7 Å². The predicted octanol–water partition coefficient (Wildman–Crippen LogP) is 2.35. The Hall–Kier alpha value is -2.17. The molecule has 0 aromatic carbocycles. The van der Waals surface area contributed by atoms with E-state index < -0.39 is 0 Å². The van der Waals surface area contributed by atoms with E-state index in [4.69, 9.17) is 0 Å². The quantitative estimate of drug-likeness (QED) is 0.855. The van der Waals surface area contributed by atoms with Crippen LogP contribution in [0.25, 0.3) is 5.65 Å². The van der Waals surface area contributed by atoms with Gasteiger partial charge in [-0.2, -0.15) is 0 Å². The first-order chi connectivity index (χ1) is 10.6. The van der Waals surface area contributed by atoms with E-state index in [1.165, 1.54) is 17.0 Å². The van der Waals surface area contributed by atoms with Gasteiger partial charge in [0.25, 0.3) is 11.5 Å². The molecule has 0 aliphatic heterocycles. The molecule has 1 aliphatic rings. The Labute approximate surface area is 129 Å². The smallest absolute Gasteiger partial charge is 0.270 e. The van der Waals surface area contributed by atoms with Crippen molar-refractivity contribution in [3.63, 3.8) is 0 Å². The van der Waals surface area contributed by atoms with Crippen molar-refractivity contribution < 1.29 is 4.79 Å². The Morgan fingerprint density at radius 2 is 2.09 bits per heavy atom. The molecule has 1 amide bonds. The zero-order valence-corrected chi connectivity index (χ0v) is 13.0. The van der Waals surface area contributed by atoms with Gasteiger partial charge >= 0.3 is 0 Å². The van der Waals surface area contributed by atoms with Crippen LogP contribution in [0.2, 0.25) is 0 Å². The highest BCUT2D eigenvalue weighted by Crippen LogP contribution is 2.27. The number of nitrogens with zero attached hydrogens (tertiary/aromatic N) is 3. The van der Waals surface area contributed by atoms with E-state index in [9.17, 15) is 9.59 Å². The molecule has 2 aromatic rings. The van der Waals surface area contributed by atoms with Crippen LogP contribution in [0, 0.1) is 5.92 Å². The normalized spacial score (nSPS) is 21.7. The highest BCUT2D eigenvalue weighted by Gasteiger charge is 2.29. The fourth-order valence-electron chi connectivity index (χ4n) is 3.39. The van der Waals surface area contributed by atoms with Crippen LogP contribution < -0.4 is 5.56 Å². The fourth-order valence-corrected chi connectivity index (χ4v) is 3.39. The third-order valence-corrected chi connectivity index (χ3v) is 4.73. The lowest BCUT2D eigenvalue weighted by atomic mass is 9.85. The SMILES string of the molecule is CC1CCCCC1N(C)C(=O)c1cnc2ccccn2c1=O. The Morgan fingerprint density at radius 3 is 2.86 bits per heavy atom. The van der Waals surface area contributed by atoms with Gasteiger partial charge in [0.2, 0.25) is 0 Å². The Morgan fingerprint density at radius 1 is 1.32 bits per heavy atom. The summed E-state index contributed by atoms with van der Waals surface area (Å²) in [6, 6.07) is 5.54. The molecule has 5 heteroatoms. The van der Waals surface area contributed by atoms with E-state index in [1.54, 1.807) is 30.3 Å². The summed E-state index contributed by atoms with van der Waals surface area (Å²) in [5.74, 6) is 0.244. The number of amides is 1. The number of aromatic nitrogens is 2. The second-order valence-electron chi connectivity index (χ2n) is 6.15. The largest absolute Gasteiger partial charge is 0.338 e. The van der Waals surface area contributed by atoms with Crippen molar-refractivity contribution in [3.8, 4) is 0 Å². The van der Waals surface area contributed by atoms with Crippen molar-refractivity contribution in [2.45, 2.75) is 38.6 Å². The standard InChI is InChI=1S/C17H21N3O2/c1-12-7-3-4-8-14(12)19(2)16(21)13-11-18-15-9-5-6-10-20(15)17(13)22/h5-6,9-12,14H,3-4,7-8H2,1-2H3. The molecule has 5 nitrogen and oxygen atoms in total. The second-order valence-corrected chi connectivity index (χ2v) is 6.15. The summed E-state index contributed by atoms with van der Waals surface area (Å²) in [4.78, 5) is 31.2. The molecule has 3 rings (SSSR count). The van der Waals surface area contributed by atoms with Crippen LogP contribution in [0.5, 0.6) is 0 Å². The maximum atomic E-state index is 12.7. The van der Waals surface area contributed by atoms with E-state index in [-0.39, 0.29) is 23.1 Å². The highest BCUT2D eigenvalue weighted by molar-refractivity contribution is 5.93. The molecular weight excluding hydrogens is 278 g/mol. The Balaban J connectivity index is 1.95. The van der Waals surface area contributed by atoms with Gasteiger partial charge in [-0.3, -0.25) is 14.0 Å². The molecule has 2 heterocycles. The molecule has 1 saturated carbocycles. The van der Waals surface area contributed by atoms with Gasteiger partial charge < -0.3 is 4.90 Å². The minimum absolute atomic E-state index is 0.143. The molecule has 0 radical (unpaired) electrons. The molecule has 2 aromatic heterocycles. The van der Waals surface area contributed by atoms with Crippen molar-refractivity contribution in [2.75, 3.05) is 7.05 Å². The van der Waals surface area contributed by atoms with Gasteiger partial charge in [0.1, 0.15) is 11.2 Å². The summed E-state index contributed by atoms with van der Waals surface area (Å²) in [5.41, 5.74) is 0.396. The van der Waals surface area contributed by atoms with Gasteiger partial charge in [0.05, 0.1) is 0 Å². The van der Waals surface area contributed by atoms with Gasteiger partial charge in [-0.25, -0.2) is 4.98 Å². The lowest BCUT2D eigenvalue weighted by molar-refractivity contribution is 0.0626. The molecule has 0 spiro atoms. The lowest BCUT2D eigenvalue weighted by Gasteiger charge is -2.36. The van der Waals surface area contributed by atoms with E-state index in [0.717, 1.165) is 19.3 Å². The summed E-state index contributed by atoms with van der Waals surface area (Å²) in [6.07, 6.45) is 7.55. The predicted molar refractivity (Wildman–Crippen MR) is 85.0 cm³/mol. The van der Waals surface area contributed by atoms with E-state index in [2.05, 4.69) is 11.9 Å². The maximum Gasteiger partial charge on any atom is 0.270 e. The van der Waals surface area contributed by atoms with E-state index in [1.807, 2.05) is 6.07 Å². The second kappa shape index (κ2) is 5.91. The van der Waals surface area contributed by atoms with Gasteiger partial charge in [-0.05, 0) is 30.9 Å². The van der Waals surface area contributed by atoms with Crippen LogP contribution in [0.3, 0.4) is 0 Å². The highest BCUT2D eigenvalue weighted by atomic mass is 16.2. The number of fused-ring (bicyclic) bond motifs is 1. The number of hydrogen-bond donors (Lipinski definition) is 0. The molecule has 0 bridgehead atoms. The number of hydrogen-bond acceptors (Lipinski definition) is 3. The number of carbonyl (C=O) groups is 1. The molecule has 1 fully saturated rings. The van der Waals surface area contributed by atoms with Crippen molar-refractivity contribution in [3.05, 3.63) is 46.5 Å². The summed E-state index contributed by atoms with van der Waals surface area (Å²) in [7, 11) is 1.80. The average Bonchev–Trinajstić information content (AvgIpc) is 2.55. The van der Waals surface area contributed by atoms with Gasteiger partial charge in [0, 0.05) is 25.5 Å². The molecule has 0 N–H and O–H groups in total. The fraction of sp³-hybridized carbons (Fsp3) is 0.471. The van der Waals surface area contributed by atoms with Gasteiger partial charge in [-0.15, -0.1) is 0 Å². The summed E-state index contributed by atoms with van der Waals surface area (Å²) < 4.78 is 1.42. The molecule has 2 atom stereocenters. The van der Waals surface area contributed by atoms with Crippen molar-refractivity contribution in [1.82, 2.24) is 14.3 Å². The number of pyridine rings is 1. The molecular formula is C17H21N3O2. The maximum absolute atomic E-state index is 12.7. The molecule has 2 unspecified atom stereocenters. The summed E-state index contributed by atoms with van der Waals surface area (Å²) in [6.45, 7) is 2.18. The number of rotatable bonds is 2. The van der Waals surface area contributed by atoms with Crippen LogP contribution in [0.1, 0.15) is 43.0 Å².